The molecule has 2 fully saturated rings. The molecule has 2 saturated carbocycles. The highest BCUT2D eigenvalue weighted by Gasteiger charge is 2.45. The standard InChI is InChI=1S/C16H28O2/c1-4-11-7-13(11)9-14-8-12(14)6-10(3)15(5-2)16(17)18/h10-15H,4-9H2,1-3H3,(H,17,18)/t10-,11+,12-,13+,14-,15-/m1/s1. The lowest BCUT2D eigenvalue weighted by molar-refractivity contribution is -0.143. The van der Waals surface area contributed by atoms with Crippen LogP contribution in [-0.2, 0) is 4.79 Å². The third-order valence-electron chi connectivity index (χ3n) is 5.39. The molecular formula is C16H28O2. The minimum absolute atomic E-state index is 0.129. The van der Waals surface area contributed by atoms with Crippen LogP contribution in [0.4, 0.5) is 0 Å². The highest BCUT2D eigenvalue weighted by Crippen LogP contribution is 2.54. The third kappa shape index (κ3) is 3.27. The number of hydrogen-bond acceptors (Lipinski definition) is 1. The van der Waals surface area contributed by atoms with Gasteiger partial charge in [-0.15, -0.1) is 0 Å². The molecule has 0 heterocycles. The van der Waals surface area contributed by atoms with E-state index in [2.05, 4.69) is 13.8 Å². The van der Waals surface area contributed by atoms with Gasteiger partial charge in [0.2, 0.25) is 0 Å². The summed E-state index contributed by atoms with van der Waals surface area (Å²) in [6.45, 7) is 6.43. The van der Waals surface area contributed by atoms with Crippen molar-refractivity contribution >= 4 is 5.97 Å². The first-order valence-electron chi connectivity index (χ1n) is 7.79. The summed E-state index contributed by atoms with van der Waals surface area (Å²) in [5.74, 6) is 3.43. The summed E-state index contributed by atoms with van der Waals surface area (Å²) in [4.78, 5) is 11.1. The Bertz CT molecular complexity index is 299. The molecule has 0 aliphatic heterocycles. The van der Waals surface area contributed by atoms with E-state index in [1.165, 1.54) is 25.7 Å². The summed E-state index contributed by atoms with van der Waals surface area (Å²) in [6, 6.07) is 0. The SMILES string of the molecule is CC[C@H]1C[C@H]1C[C@H]1C[C@H]1C[C@@H](C)[C@@H](CC)C(=O)O. The Hall–Kier alpha value is -0.530. The second-order valence-electron chi connectivity index (χ2n) is 6.72. The van der Waals surface area contributed by atoms with Crippen LogP contribution in [0.2, 0.25) is 0 Å². The van der Waals surface area contributed by atoms with Crippen molar-refractivity contribution < 1.29 is 9.90 Å². The summed E-state index contributed by atoms with van der Waals surface area (Å²) < 4.78 is 0. The Morgan fingerprint density at radius 2 is 1.78 bits per heavy atom. The first-order chi connectivity index (χ1) is 8.56. The summed E-state index contributed by atoms with van der Waals surface area (Å²) >= 11 is 0. The fourth-order valence-electron chi connectivity index (χ4n) is 3.84. The lowest BCUT2D eigenvalue weighted by Gasteiger charge is -2.18. The van der Waals surface area contributed by atoms with Gasteiger partial charge in [0, 0.05) is 0 Å². The fraction of sp³-hybridized carbons (Fsp3) is 0.938. The Kier molecular flexibility index (Phi) is 4.34. The van der Waals surface area contributed by atoms with Crippen molar-refractivity contribution in [3.05, 3.63) is 0 Å². The normalized spacial score (nSPS) is 37.1. The van der Waals surface area contributed by atoms with E-state index in [-0.39, 0.29) is 5.92 Å². The second-order valence-corrected chi connectivity index (χ2v) is 6.72. The van der Waals surface area contributed by atoms with Crippen LogP contribution < -0.4 is 0 Å². The maximum Gasteiger partial charge on any atom is 0.306 e. The molecule has 18 heavy (non-hydrogen) atoms. The average Bonchev–Trinajstić information content (AvgIpc) is 3.19. The molecule has 6 atom stereocenters. The van der Waals surface area contributed by atoms with Gasteiger partial charge in [-0.1, -0.05) is 27.2 Å². The molecule has 0 aromatic heterocycles. The van der Waals surface area contributed by atoms with E-state index in [0.717, 1.165) is 36.5 Å². The van der Waals surface area contributed by atoms with Crippen molar-refractivity contribution in [2.45, 2.75) is 59.3 Å². The van der Waals surface area contributed by atoms with Crippen LogP contribution in [0, 0.1) is 35.5 Å². The maximum absolute atomic E-state index is 11.1. The van der Waals surface area contributed by atoms with Crippen molar-refractivity contribution in [1.29, 1.82) is 0 Å². The molecule has 2 aliphatic carbocycles. The van der Waals surface area contributed by atoms with Crippen LogP contribution in [0.3, 0.4) is 0 Å². The van der Waals surface area contributed by atoms with Crippen molar-refractivity contribution in [3.63, 3.8) is 0 Å². The number of carboxylic acids is 1. The van der Waals surface area contributed by atoms with E-state index < -0.39 is 5.97 Å². The average molecular weight is 252 g/mol. The molecule has 0 bridgehead atoms. The Morgan fingerprint density at radius 3 is 2.28 bits per heavy atom. The van der Waals surface area contributed by atoms with Crippen LogP contribution in [0.25, 0.3) is 0 Å². The molecule has 2 heteroatoms. The summed E-state index contributed by atoms with van der Waals surface area (Å²) in [5, 5.41) is 9.16. The lowest BCUT2D eigenvalue weighted by Crippen LogP contribution is -2.21. The smallest absolute Gasteiger partial charge is 0.306 e. The highest BCUT2D eigenvalue weighted by atomic mass is 16.4. The van der Waals surface area contributed by atoms with E-state index in [4.69, 9.17) is 5.11 Å². The first-order valence-corrected chi connectivity index (χ1v) is 7.79. The zero-order valence-corrected chi connectivity index (χ0v) is 12.1. The van der Waals surface area contributed by atoms with Gasteiger partial charge in [0.25, 0.3) is 0 Å². The minimum Gasteiger partial charge on any atom is -0.481 e. The predicted octanol–water partition coefficient (Wildman–Crippen LogP) is 4.20. The van der Waals surface area contributed by atoms with Gasteiger partial charge in [0.15, 0.2) is 0 Å². The Labute approximate surface area is 111 Å². The third-order valence-corrected chi connectivity index (χ3v) is 5.39. The van der Waals surface area contributed by atoms with E-state index >= 15 is 0 Å². The first kappa shape index (κ1) is 13.9. The monoisotopic (exact) mass is 252 g/mol. The molecule has 0 unspecified atom stereocenters. The fourth-order valence-corrected chi connectivity index (χ4v) is 3.84. The molecule has 0 aromatic rings. The lowest BCUT2D eigenvalue weighted by atomic mass is 9.87. The van der Waals surface area contributed by atoms with E-state index in [1.54, 1.807) is 0 Å². The van der Waals surface area contributed by atoms with Gasteiger partial charge in [-0.3, -0.25) is 4.79 Å². The van der Waals surface area contributed by atoms with Crippen LogP contribution in [0.1, 0.15) is 59.3 Å². The van der Waals surface area contributed by atoms with Crippen LogP contribution in [-0.4, -0.2) is 11.1 Å². The van der Waals surface area contributed by atoms with Gasteiger partial charge in [-0.25, -0.2) is 0 Å². The number of carbonyl (C=O) groups is 1. The summed E-state index contributed by atoms with van der Waals surface area (Å²) in [6.07, 6.45) is 7.53. The van der Waals surface area contributed by atoms with Crippen molar-refractivity contribution in [2.75, 3.05) is 0 Å². The van der Waals surface area contributed by atoms with Crippen LogP contribution in [0.15, 0.2) is 0 Å². The molecule has 1 N–H and O–H groups in total. The highest BCUT2D eigenvalue weighted by molar-refractivity contribution is 5.70. The Balaban J connectivity index is 1.67. The molecule has 2 aliphatic rings. The molecular weight excluding hydrogens is 224 g/mol. The molecule has 0 spiro atoms. The molecule has 0 radical (unpaired) electrons. The molecule has 0 amide bonds. The molecule has 0 aromatic carbocycles. The molecule has 2 rings (SSSR count). The van der Waals surface area contributed by atoms with E-state index in [0.29, 0.717) is 5.92 Å². The van der Waals surface area contributed by atoms with Crippen LogP contribution >= 0.6 is 0 Å². The minimum atomic E-state index is -0.601. The van der Waals surface area contributed by atoms with Crippen molar-refractivity contribution in [1.82, 2.24) is 0 Å². The number of hydrogen-bond donors (Lipinski definition) is 1. The predicted molar refractivity (Wildman–Crippen MR) is 73.3 cm³/mol. The van der Waals surface area contributed by atoms with Gasteiger partial charge in [0.05, 0.1) is 5.92 Å². The number of carboxylic acid groups (broad SMARTS) is 1. The molecule has 0 saturated heterocycles. The maximum atomic E-state index is 11.1. The topological polar surface area (TPSA) is 37.3 Å². The number of aliphatic carboxylic acids is 1. The van der Waals surface area contributed by atoms with Gasteiger partial charge < -0.3 is 5.11 Å². The van der Waals surface area contributed by atoms with Crippen molar-refractivity contribution in [3.8, 4) is 0 Å². The van der Waals surface area contributed by atoms with E-state index in [1.807, 2.05) is 6.92 Å². The number of rotatable bonds is 8. The van der Waals surface area contributed by atoms with Crippen molar-refractivity contribution in [2.24, 2.45) is 35.5 Å². The summed E-state index contributed by atoms with van der Waals surface area (Å²) in [7, 11) is 0. The zero-order chi connectivity index (χ0) is 13.3. The van der Waals surface area contributed by atoms with Gasteiger partial charge in [-0.05, 0) is 61.7 Å². The summed E-state index contributed by atoms with van der Waals surface area (Å²) in [5.41, 5.74) is 0. The Morgan fingerprint density at radius 1 is 1.17 bits per heavy atom. The van der Waals surface area contributed by atoms with Gasteiger partial charge in [0.1, 0.15) is 0 Å². The quantitative estimate of drug-likeness (QED) is 0.703. The van der Waals surface area contributed by atoms with Gasteiger partial charge >= 0.3 is 5.97 Å². The van der Waals surface area contributed by atoms with E-state index in [9.17, 15) is 4.79 Å². The zero-order valence-electron chi connectivity index (χ0n) is 12.1. The van der Waals surface area contributed by atoms with Gasteiger partial charge in [-0.2, -0.15) is 0 Å². The van der Waals surface area contributed by atoms with Crippen LogP contribution in [0.5, 0.6) is 0 Å². The molecule has 2 nitrogen and oxygen atoms in total. The second kappa shape index (κ2) is 5.63. The molecule has 104 valence electrons. The largest absolute Gasteiger partial charge is 0.481 e.